The van der Waals surface area contributed by atoms with Gasteiger partial charge in [-0.3, -0.25) is 4.79 Å². The van der Waals surface area contributed by atoms with E-state index in [2.05, 4.69) is 15.1 Å². The number of hydrogen-bond acceptors (Lipinski definition) is 6. The second-order valence-electron chi connectivity index (χ2n) is 2.56. The Hall–Kier alpha value is -0.730. The van der Waals surface area contributed by atoms with E-state index in [0.29, 0.717) is 19.7 Å². The van der Waals surface area contributed by atoms with Gasteiger partial charge in [0.1, 0.15) is 0 Å². The molecule has 1 amide bonds. The summed E-state index contributed by atoms with van der Waals surface area (Å²) in [6.45, 7) is 1.41. The third kappa shape index (κ3) is 11.2. The monoisotopic (exact) mass is 222 g/mol. The average Bonchev–Trinajstić information content (AvgIpc) is 2.24. The zero-order valence-electron chi connectivity index (χ0n) is 8.61. The first kappa shape index (κ1) is 14.3. The van der Waals surface area contributed by atoms with Crippen LogP contribution < -0.4 is 11.1 Å². The van der Waals surface area contributed by atoms with Gasteiger partial charge in [-0.25, -0.2) is 9.78 Å². The molecule has 0 bridgehead atoms. The molecular formula is C8H18N2O5. The Morgan fingerprint density at radius 3 is 2.73 bits per heavy atom. The number of nitrogens with one attached hydrogen (secondary N) is 1. The summed E-state index contributed by atoms with van der Waals surface area (Å²) in [6.07, 6.45) is 0. The van der Waals surface area contributed by atoms with E-state index < -0.39 is 0 Å². The molecule has 0 aromatic heterocycles. The highest BCUT2D eigenvalue weighted by atomic mass is 17.2. The maximum Gasteiger partial charge on any atom is 0.249 e. The molecule has 0 saturated heterocycles. The fraction of sp³-hybridized carbons (Fsp3) is 0.875. The zero-order valence-corrected chi connectivity index (χ0v) is 8.61. The smallest absolute Gasteiger partial charge is 0.249 e. The lowest BCUT2D eigenvalue weighted by Crippen LogP contribution is -2.31. The summed E-state index contributed by atoms with van der Waals surface area (Å²) < 4.78 is 4.92. The van der Waals surface area contributed by atoms with Crippen LogP contribution in [0.5, 0.6) is 0 Å². The van der Waals surface area contributed by atoms with Gasteiger partial charge in [-0.2, -0.15) is 0 Å². The molecule has 0 radical (unpaired) electrons. The van der Waals surface area contributed by atoms with Gasteiger partial charge in [0.2, 0.25) is 5.91 Å². The van der Waals surface area contributed by atoms with Gasteiger partial charge >= 0.3 is 0 Å². The van der Waals surface area contributed by atoms with Crippen molar-refractivity contribution in [1.82, 2.24) is 5.32 Å². The summed E-state index contributed by atoms with van der Waals surface area (Å²) in [5.74, 6) is -0.292. The van der Waals surface area contributed by atoms with Gasteiger partial charge in [0.25, 0.3) is 0 Å². The molecule has 0 aromatic rings. The molecule has 0 aliphatic rings. The first-order valence-electron chi connectivity index (χ1n) is 4.71. The summed E-state index contributed by atoms with van der Waals surface area (Å²) in [5.41, 5.74) is 5.13. The van der Waals surface area contributed by atoms with Gasteiger partial charge in [-0.1, -0.05) is 0 Å². The predicted octanol–water partition coefficient (Wildman–Crippen LogP) is -1.98. The number of amides is 1. The van der Waals surface area contributed by atoms with Crippen molar-refractivity contribution in [3.8, 4) is 0 Å². The fourth-order valence-electron chi connectivity index (χ4n) is 0.682. The van der Waals surface area contributed by atoms with Crippen molar-refractivity contribution in [3.05, 3.63) is 0 Å². The minimum absolute atomic E-state index is 0.0238. The molecule has 0 aliphatic heterocycles. The second-order valence-corrected chi connectivity index (χ2v) is 2.56. The Labute approximate surface area is 88.4 Å². The summed E-state index contributed by atoms with van der Waals surface area (Å²) in [5, 5.41) is 10.9. The number of carbonyl (C=O) groups is 1. The number of carbonyl (C=O) groups excluding carboxylic acids is 1. The van der Waals surface area contributed by atoms with Crippen molar-refractivity contribution < 1.29 is 24.4 Å². The Balaban J connectivity index is 3.11. The minimum Gasteiger partial charge on any atom is -0.394 e. The van der Waals surface area contributed by atoms with Crippen LogP contribution >= 0.6 is 0 Å². The highest BCUT2D eigenvalue weighted by Crippen LogP contribution is 1.78. The Morgan fingerprint density at radius 2 is 2.07 bits per heavy atom. The SMILES string of the molecule is NCCOOCC(=O)NCCOCCO. The maximum atomic E-state index is 11.0. The van der Waals surface area contributed by atoms with Crippen molar-refractivity contribution >= 4 is 5.91 Å². The summed E-state index contributed by atoms with van der Waals surface area (Å²) in [7, 11) is 0. The summed E-state index contributed by atoms with van der Waals surface area (Å²) in [6, 6.07) is 0. The van der Waals surface area contributed by atoms with Crippen molar-refractivity contribution in [2.24, 2.45) is 5.73 Å². The van der Waals surface area contributed by atoms with Gasteiger partial charge in [0.05, 0.1) is 26.4 Å². The molecule has 0 aromatic carbocycles. The number of nitrogens with two attached hydrogens (primary N) is 1. The number of hydrogen-bond donors (Lipinski definition) is 3. The van der Waals surface area contributed by atoms with Crippen LogP contribution in [-0.2, 0) is 19.3 Å². The standard InChI is InChI=1S/C8H18N2O5/c9-1-4-14-15-7-8(12)10-2-5-13-6-3-11/h11H,1-7,9H2,(H,10,12). The molecule has 0 unspecified atom stereocenters. The van der Waals surface area contributed by atoms with E-state index in [1.165, 1.54) is 0 Å². The lowest BCUT2D eigenvalue weighted by molar-refractivity contribution is -0.286. The number of ether oxygens (including phenoxy) is 1. The van der Waals surface area contributed by atoms with E-state index in [1.54, 1.807) is 0 Å². The van der Waals surface area contributed by atoms with Crippen molar-refractivity contribution in [2.45, 2.75) is 0 Å². The molecule has 7 nitrogen and oxygen atoms in total. The predicted molar refractivity (Wildman–Crippen MR) is 51.9 cm³/mol. The quantitative estimate of drug-likeness (QED) is 0.225. The van der Waals surface area contributed by atoms with Crippen LogP contribution in [0.2, 0.25) is 0 Å². The van der Waals surface area contributed by atoms with Crippen LogP contribution in [0.3, 0.4) is 0 Å². The summed E-state index contributed by atoms with van der Waals surface area (Å²) in [4.78, 5) is 20.1. The topological polar surface area (TPSA) is 103 Å². The van der Waals surface area contributed by atoms with Gasteiger partial charge in [-0.15, -0.1) is 0 Å². The molecule has 0 rings (SSSR count). The molecule has 0 saturated carbocycles. The number of aliphatic hydroxyl groups is 1. The molecule has 90 valence electrons. The molecular weight excluding hydrogens is 204 g/mol. The van der Waals surface area contributed by atoms with Crippen molar-refractivity contribution in [2.75, 3.05) is 46.1 Å². The number of aliphatic hydroxyl groups excluding tert-OH is 1. The van der Waals surface area contributed by atoms with Gasteiger partial charge in [0, 0.05) is 13.1 Å². The molecule has 0 heterocycles. The van der Waals surface area contributed by atoms with Gasteiger partial charge < -0.3 is 20.9 Å². The first-order chi connectivity index (χ1) is 7.31. The van der Waals surface area contributed by atoms with E-state index >= 15 is 0 Å². The fourth-order valence-corrected chi connectivity index (χ4v) is 0.682. The van der Waals surface area contributed by atoms with Crippen LogP contribution in [0.25, 0.3) is 0 Å². The molecule has 15 heavy (non-hydrogen) atoms. The van der Waals surface area contributed by atoms with E-state index in [9.17, 15) is 4.79 Å². The Bertz CT molecular complexity index is 156. The largest absolute Gasteiger partial charge is 0.394 e. The van der Waals surface area contributed by atoms with Crippen molar-refractivity contribution in [3.63, 3.8) is 0 Å². The molecule has 0 fully saturated rings. The normalized spacial score (nSPS) is 10.3. The van der Waals surface area contributed by atoms with Crippen LogP contribution in [0, 0.1) is 0 Å². The molecule has 0 spiro atoms. The van der Waals surface area contributed by atoms with E-state index in [4.69, 9.17) is 15.6 Å². The molecule has 4 N–H and O–H groups in total. The average molecular weight is 222 g/mol. The van der Waals surface area contributed by atoms with Crippen LogP contribution in [-0.4, -0.2) is 57.1 Å². The van der Waals surface area contributed by atoms with Gasteiger partial charge in [-0.05, 0) is 0 Å². The molecule has 0 atom stereocenters. The second kappa shape index (κ2) is 11.3. The van der Waals surface area contributed by atoms with Crippen LogP contribution in [0.4, 0.5) is 0 Å². The highest BCUT2D eigenvalue weighted by Gasteiger charge is 2.00. The number of rotatable bonds is 10. The van der Waals surface area contributed by atoms with Gasteiger partial charge in [0.15, 0.2) is 6.61 Å². The van der Waals surface area contributed by atoms with E-state index in [1.807, 2.05) is 0 Å². The zero-order chi connectivity index (χ0) is 11.4. The van der Waals surface area contributed by atoms with Crippen LogP contribution in [0.1, 0.15) is 0 Å². The van der Waals surface area contributed by atoms with Crippen molar-refractivity contribution in [1.29, 1.82) is 0 Å². The maximum absolute atomic E-state index is 11.0. The highest BCUT2D eigenvalue weighted by molar-refractivity contribution is 5.76. The Kier molecular flexibility index (Phi) is 10.8. The third-order valence-corrected chi connectivity index (χ3v) is 1.28. The lowest BCUT2D eigenvalue weighted by Gasteiger charge is -2.05. The first-order valence-corrected chi connectivity index (χ1v) is 4.71. The lowest BCUT2D eigenvalue weighted by atomic mass is 10.6. The minimum atomic E-state index is -0.292. The Morgan fingerprint density at radius 1 is 1.27 bits per heavy atom. The third-order valence-electron chi connectivity index (χ3n) is 1.28. The molecule has 7 heteroatoms. The molecule has 0 aliphatic carbocycles. The van der Waals surface area contributed by atoms with E-state index in [-0.39, 0.29) is 32.3 Å². The van der Waals surface area contributed by atoms with Crippen LogP contribution in [0.15, 0.2) is 0 Å². The summed E-state index contributed by atoms with van der Waals surface area (Å²) >= 11 is 0. The van der Waals surface area contributed by atoms with E-state index in [0.717, 1.165) is 0 Å².